The zero-order chi connectivity index (χ0) is 12.3. The van der Waals surface area contributed by atoms with Crippen molar-refractivity contribution >= 4 is 27.5 Å². The van der Waals surface area contributed by atoms with Crippen LogP contribution in [0.2, 0.25) is 5.02 Å². The Morgan fingerprint density at radius 2 is 2.00 bits per heavy atom. The fourth-order valence-corrected chi connectivity index (χ4v) is 2.84. The van der Waals surface area contributed by atoms with Gasteiger partial charge in [0.2, 0.25) is 0 Å². The van der Waals surface area contributed by atoms with Gasteiger partial charge in [0.25, 0.3) is 0 Å². The van der Waals surface area contributed by atoms with Crippen LogP contribution in [0.5, 0.6) is 6.01 Å². The van der Waals surface area contributed by atoms with E-state index in [2.05, 4.69) is 46.7 Å². The van der Waals surface area contributed by atoms with E-state index in [4.69, 9.17) is 16.3 Å². The van der Waals surface area contributed by atoms with Crippen LogP contribution in [-0.4, -0.2) is 21.9 Å². The third-order valence-electron chi connectivity index (χ3n) is 2.46. The van der Waals surface area contributed by atoms with E-state index in [1.807, 2.05) is 0 Å². The lowest BCUT2D eigenvalue weighted by molar-refractivity contribution is 0.373. The monoisotopic (exact) mass is 306 g/mol. The number of hydrogen-bond donors (Lipinski definition) is 0. The third kappa shape index (κ3) is 3.08. The van der Waals surface area contributed by atoms with Gasteiger partial charge in [-0.1, -0.05) is 48.3 Å². The minimum Gasteiger partial charge on any atom is -0.467 e. The highest BCUT2D eigenvalue weighted by atomic mass is 79.9. The molecule has 0 aliphatic rings. The van der Waals surface area contributed by atoms with Gasteiger partial charge >= 0.3 is 6.01 Å². The smallest absolute Gasteiger partial charge is 0.316 e. The maximum Gasteiger partial charge on any atom is 0.316 e. The normalized spacial score (nSPS) is 14.9. The molecule has 0 fully saturated rings. The summed E-state index contributed by atoms with van der Waals surface area (Å²) < 4.78 is 5.02. The van der Waals surface area contributed by atoms with Crippen LogP contribution in [0.4, 0.5) is 0 Å². The van der Waals surface area contributed by atoms with E-state index in [0.29, 0.717) is 21.8 Å². The lowest BCUT2D eigenvalue weighted by Gasteiger charge is -2.23. The zero-order valence-electron chi connectivity index (χ0n) is 9.87. The van der Waals surface area contributed by atoms with Gasteiger partial charge in [-0.2, -0.15) is 4.98 Å². The second kappa shape index (κ2) is 5.82. The Balaban J connectivity index is 3.17. The van der Waals surface area contributed by atoms with Crippen LogP contribution in [0.15, 0.2) is 6.20 Å². The fourth-order valence-electron chi connectivity index (χ4n) is 1.76. The van der Waals surface area contributed by atoms with Crippen molar-refractivity contribution < 1.29 is 4.74 Å². The lowest BCUT2D eigenvalue weighted by Crippen LogP contribution is -2.18. The molecule has 0 saturated carbocycles. The molecule has 0 aromatic carbocycles. The van der Waals surface area contributed by atoms with Crippen molar-refractivity contribution in [1.29, 1.82) is 0 Å². The molecule has 0 aliphatic heterocycles. The molecule has 0 aliphatic carbocycles. The molecule has 90 valence electrons. The second-order valence-electron chi connectivity index (χ2n) is 4.04. The van der Waals surface area contributed by atoms with E-state index < -0.39 is 0 Å². The highest BCUT2D eigenvalue weighted by Gasteiger charge is 2.25. The van der Waals surface area contributed by atoms with Gasteiger partial charge in [-0.3, -0.25) is 0 Å². The first-order chi connectivity index (χ1) is 7.47. The second-order valence-corrected chi connectivity index (χ2v) is 5.89. The van der Waals surface area contributed by atoms with E-state index in [-0.39, 0.29) is 5.92 Å². The largest absolute Gasteiger partial charge is 0.467 e. The Hall–Kier alpha value is -0.350. The number of rotatable bonds is 4. The highest BCUT2D eigenvalue weighted by Crippen LogP contribution is 2.35. The van der Waals surface area contributed by atoms with Crippen LogP contribution in [0, 0.1) is 5.92 Å². The van der Waals surface area contributed by atoms with Gasteiger partial charge in [-0.05, 0) is 5.92 Å². The molecule has 1 rings (SSSR count). The van der Waals surface area contributed by atoms with Crippen molar-refractivity contribution in [3.8, 4) is 6.01 Å². The van der Waals surface area contributed by atoms with Crippen LogP contribution in [0.3, 0.4) is 0 Å². The number of ether oxygens (including phenoxy) is 1. The molecule has 1 aromatic rings. The van der Waals surface area contributed by atoms with Gasteiger partial charge in [0, 0.05) is 10.7 Å². The molecule has 1 heterocycles. The predicted octanol–water partition coefficient (Wildman–Crippen LogP) is 3.66. The predicted molar refractivity (Wildman–Crippen MR) is 69.6 cm³/mol. The Kier molecular flexibility index (Phi) is 4.99. The first-order valence-electron chi connectivity index (χ1n) is 5.17. The van der Waals surface area contributed by atoms with Crippen LogP contribution >= 0.6 is 27.5 Å². The SMILES string of the molecule is COc1ncc(Cl)c(C(C(C)C)C(C)Br)n1. The average Bonchev–Trinajstić information content (AvgIpc) is 2.20. The molecule has 0 bridgehead atoms. The summed E-state index contributed by atoms with van der Waals surface area (Å²) in [5.74, 6) is 0.677. The summed E-state index contributed by atoms with van der Waals surface area (Å²) in [6.07, 6.45) is 1.59. The van der Waals surface area contributed by atoms with Crippen LogP contribution in [0.1, 0.15) is 32.4 Å². The molecule has 0 N–H and O–H groups in total. The summed E-state index contributed by atoms with van der Waals surface area (Å²) in [4.78, 5) is 8.61. The fraction of sp³-hybridized carbons (Fsp3) is 0.636. The minimum absolute atomic E-state index is 0.240. The van der Waals surface area contributed by atoms with Crippen LogP contribution < -0.4 is 4.74 Å². The molecule has 5 heteroatoms. The average molecular weight is 308 g/mol. The van der Waals surface area contributed by atoms with E-state index >= 15 is 0 Å². The topological polar surface area (TPSA) is 35.0 Å². The van der Waals surface area contributed by atoms with Gasteiger partial charge < -0.3 is 4.74 Å². The molecule has 16 heavy (non-hydrogen) atoms. The van der Waals surface area contributed by atoms with Crippen molar-refractivity contribution in [2.24, 2.45) is 5.92 Å². The van der Waals surface area contributed by atoms with E-state index in [9.17, 15) is 0 Å². The summed E-state index contributed by atoms with van der Waals surface area (Å²) in [6.45, 7) is 6.39. The van der Waals surface area contributed by atoms with Gasteiger partial charge in [-0.15, -0.1) is 0 Å². The summed E-state index contributed by atoms with van der Waals surface area (Å²) in [7, 11) is 1.55. The van der Waals surface area contributed by atoms with Crippen molar-refractivity contribution in [3.05, 3.63) is 16.9 Å². The Morgan fingerprint density at radius 1 is 1.38 bits per heavy atom. The molecule has 0 saturated heterocycles. The van der Waals surface area contributed by atoms with Crippen molar-refractivity contribution in [2.75, 3.05) is 7.11 Å². The van der Waals surface area contributed by atoms with Crippen molar-refractivity contribution in [1.82, 2.24) is 9.97 Å². The Morgan fingerprint density at radius 3 is 2.44 bits per heavy atom. The lowest BCUT2D eigenvalue weighted by atomic mass is 9.90. The molecule has 0 amide bonds. The maximum atomic E-state index is 6.13. The first kappa shape index (κ1) is 13.7. The maximum absolute atomic E-state index is 6.13. The summed E-state index contributed by atoms with van der Waals surface area (Å²) in [6, 6.07) is 0.359. The first-order valence-corrected chi connectivity index (χ1v) is 6.47. The highest BCUT2D eigenvalue weighted by molar-refractivity contribution is 9.09. The van der Waals surface area contributed by atoms with Crippen molar-refractivity contribution in [3.63, 3.8) is 0 Å². The Labute approximate surface area is 110 Å². The minimum atomic E-state index is 0.240. The van der Waals surface area contributed by atoms with Crippen LogP contribution in [-0.2, 0) is 0 Å². The molecular weight excluding hydrogens is 291 g/mol. The van der Waals surface area contributed by atoms with Gasteiger partial charge in [0.05, 0.1) is 24.0 Å². The molecule has 2 unspecified atom stereocenters. The van der Waals surface area contributed by atoms with Gasteiger partial charge in [0.1, 0.15) is 0 Å². The molecule has 2 atom stereocenters. The van der Waals surface area contributed by atoms with Gasteiger partial charge in [-0.25, -0.2) is 4.98 Å². The Bertz CT molecular complexity index is 350. The quantitative estimate of drug-likeness (QED) is 0.796. The standard InChI is InChI=1S/C11H16BrClN2O/c1-6(2)9(7(3)12)10-8(13)5-14-11(15-10)16-4/h5-7,9H,1-4H3. The number of methoxy groups -OCH3 is 1. The number of nitrogens with zero attached hydrogens (tertiary/aromatic N) is 2. The zero-order valence-corrected chi connectivity index (χ0v) is 12.2. The summed E-state index contributed by atoms with van der Waals surface area (Å²) in [5.41, 5.74) is 0.841. The molecular formula is C11H16BrClN2O. The summed E-state index contributed by atoms with van der Waals surface area (Å²) >= 11 is 9.73. The molecule has 3 nitrogen and oxygen atoms in total. The van der Waals surface area contributed by atoms with E-state index in [1.165, 1.54) is 0 Å². The van der Waals surface area contributed by atoms with Crippen molar-refractivity contribution in [2.45, 2.75) is 31.5 Å². The molecule has 0 spiro atoms. The third-order valence-corrected chi connectivity index (χ3v) is 3.32. The summed E-state index contributed by atoms with van der Waals surface area (Å²) in [5, 5.41) is 0.589. The molecule has 0 radical (unpaired) electrons. The van der Waals surface area contributed by atoms with Gasteiger partial charge in [0.15, 0.2) is 0 Å². The number of alkyl halides is 1. The van der Waals surface area contributed by atoms with Crippen LogP contribution in [0.25, 0.3) is 0 Å². The number of hydrogen-bond acceptors (Lipinski definition) is 3. The number of halogens is 2. The molecule has 1 aromatic heterocycles. The van der Waals surface area contributed by atoms with E-state index in [0.717, 1.165) is 5.69 Å². The van der Waals surface area contributed by atoms with E-state index in [1.54, 1.807) is 13.3 Å². The number of aromatic nitrogens is 2.